The molecule has 0 bridgehead atoms. The van der Waals surface area contributed by atoms with Crippen LogP contribution in [0, 0.1) is 20.8 Å². The van der Waals surface area contributed by atoms with E-state index in [4.69, 9.17) is 9.88 Å². The maximum atomic E-state index is 11.2. The predicted octanol–water partition coefficient (Wildman–Crippen LogP) is 3.44. The Bertz CT molecular complexity index is 1040. The number of primary sulfonamides is 1. The number of benzene rings is 1. The molecule has 2 heterocycles. The Kier molecular flexibility index (Phi) is 5.52. The quantitative estimate of drug-likeness (QED) is 0.381. The van der Waals surface area contributed by atoms with Crippen molar-refractivity contribution < 1.29 is 13.2 Å². The molecular weight excluding hydrogens is 390 g/mol. The minimum Gasteiger partial charge on any atom is -0.493 e. The van der Waals surface area contributed by atoms with E-state index in [-0.39, 0.29) is 4.90 Å². The van der Waals surface area contributed by atoms with E-state index < -0.39 is 10.0 Å². The van der Waals surface area contributed by atoms with Gasteiger partial charge in [0.05, 0.1) is 11.5 Å². The van der Waals surface area contributed by atoms with E-state index in [2.05, 4.69) is 23.8 Å². The van der Waals surface area contributed by atoms with Crippen LogP contribution in [-0.2, 0) is 10.0 Å². The summed E-state index contributed by atoms with van der Waals surface area (Å²) in [5.74, 6) is 2.09. The van der Waals surface area contributed by atoms with Gasteiger partial charge in [-0.25, -0.2) is 23.5 Å². The van der Waals surface area contributed by atoms with Gasteiger partial charge in [-0.05, 0) is 50.6 Å². The molecule has 0 unspecified atom stereocenters. The molecule has 0 aliphatic rings. The number of ether oxygens (including phenoxy) is 1. The molecule has 138 valence electrons. The number of aryl methyl sites for hydroxylation is 3. The molecule has 0 saturated carbocycles. The van der Waals surface area contributed by atoms with Crippen LogP contribution in [0.5, 0.6) is 5.75 Å². The Balaban J connectivity index is 1.65. The molecule has 2 N–H and O–H groups in total. The smallest absolute Gasteiger partial charge is 0.238 e. The number of thiophene rings is 1. The fourth-order valence-corrected chi connectivity index (χ4v) is 5.05. The van der Waals surface area contributed by atoms with Gasteiger partial charge in [0.25, 0.3) is 0 Å². The Morgan fingerprint density at radius 2 is 1.85 bits per heavy atom. The van der Waals surface area contributed by atoms with Crippen molar-refractivity contribution in [3.05, 3.63) is 40.5 Å². The lowest BCUT2D eigenvalue weighted by atomic mass is 10.2. The van der Waals surface area contributed by atoms with Gasteiger partial charge in [0, 0.05) is 16.0 Å². The molecule has 1 aromatic carbocycles. The van der Waals surface area contributed by atoms with Crippen molar-refractivity contribution in [2.24, 2.45) is 5.14 Å². The number of fused-ring (bicyclic) bond motifs is 1. The molecule has 3 aromatic rings. The van der Waals surface area contributed by atoms with Gasteiger partial charge in [-0.2, -0.15) is 0 Å². The second-order valence-electron chi connectivity index (χ2n) is 5.75. The van der Waals surface area contributed by atoms with Gasteiger partial charge in [-0.3, -0.25) is 0 Å². The molecule has 0 amide bonds. The van der Waals surface area contributed by atoms with Crippen LogP contribution in [0.4, 0.5) is 0 Å². The molecule has 0 aliphatic heterocycles. The summed E-state index contributed by atoms with van der Waals surface area (Å²) in [6.07, 6.45) is 0. The summed E-state index contributed by atoms with van der Waals surface area (Å²) in [4.78, 5) is 11.5. The van der Waals surface area contributed by atoms with Gasteiger partial charge < -0.3 is 4.74 Å². The van der Waals surface area contributed by atoms with Gasteiger partial charge in [0.2, 0.25) is 10.0 Å². The van der Waals surface area contributed by atoms with E-state index in [0.717, 1.165) is 26.8 Å². The molecule has 2 aromatic heterocycles. The first-order chi connectivity index (χ1) is 12.3. The van der Waals surface area contributed by atoms with E-state index in [9.17, 15) is 8.42 Å². The first-order valence-corrected chi connectivity index (χ1v) is 11.2. The lowest BCUT2D eigenvalue weighted by molar-refractivity contribution is 0.343. The molecule has 0 fully saturated rings. The molecule has 3 rings (SSSR count). The average Bonchev–Trinajstić information content (AvgIpc) is 2.85. The van der Waals surface area contributed by atoms with Crippen LogP contribution in [-0.4, -0.2) is 30.7 Å². The van der Waals surface area contributed by atoms with Crippen LogP contribution >= 0.6 is 23.1 Å². The SMILES string of the molecule is Cc1nc(SCCOc2ccc(S(N)(=O)=O)cc2)c2c(C)c(C)sc2n1. The summed E-state index contributed by atoms with van der Waals surface area (Å²) in [5, 5.41) is 7.18. The van der Waals surface area contributed by atoms with E-state index in [1.54, 1.807) is 35.2 Å². The third kappa shape index (κ3) is 4.17. The first-order valence-electron chi connectivity index (χ1n) is 7.88. The number of sulfonamides is 1. The fourth-order valence-electron chi connectivity index (χ4n) is 2.44. The zero-order valence-corrected chi connectivity index (χ0v) is 17.1. The highest BCUT2D eigenvalue weighted by Crippen LogP contribution is 2.35. The van der Waals surface area contributed by atoms with Crippen molar-refractivity contribution in [2.75, 3.05) is 12.4 Å². The van der Waals surface area contributed by atoms with Crippen molar-refractivity contribution in [2.45, 2.75) is 30.7 Å². The van der Waals surface area contributed by atoms with Crippen molar-refractivity contribution in [1.29, 1.82) is 0 Å². The zero-order chi connectivity index (χ0) is 18.9. The molecule has 0 saturated heterocycles. The standard InChI is InChI=1S/C17H19N3O3S3/c1-10-11(2)25-17-15(10)16(19-12(3)20-17)24-9-8-23-13-4-6-14(7-5-13)26(18,21)22/h4-7H,8-9H2,1-3H3,(H2,18,21,22). The Morgan fingerprint density at radius 3 is 2.50 bits per heavy atom. The van der Waals surface area contributed by atoms with Crippen LogP contribution in [0.25, 0.3) is 10.2 Å². The maximum absolute atomic E-state index is 11.2. The number of rotatable bonds is 6. The minimum atomic E-state index is -3.68. The molecule has 6 nitrogen and oxygen atoms in total. The number of thioether (sulfide) groups is 1. The largest absolute Gasteiger partial charge is 0.493 e. The second kappa shape index (κ2) is 7.51. The summed E-state index contributed by atoms with van der Waals surface area (Å²) in [7, 11) is -3.68. The van der Waals surface area contributed by atoms with Crippen molar-refractivity contribution >= 4 is 43.3 Å². The first kappa shape index (κ1) is 19.1. The van der Waals surface area contributed by atoms with Crippen LogP contribution in [0.15, 0.2) is 34.2 Å². The monoisotopic (exact) mass is 409 g/mol. The molecule has 0 atom stereocenters. The third-order valence-corrected chi connectivity index (χ3v) is 6.82. The van der Waals surface area contributed by atoms with Crippen LogP contribution in [0.3, 0.4) is 0 Å². The third-order valence-electron chi connectivity index (χ3n) is 3.85. The number of nitrogens with two attached hydrogens (primary N) is 1. The molecule has 0 spiro atoms. The molecule has 0 radical (unpaired) electrons. The van der Waals surface area contributed by atoms with E-state index in [1.165, 1.54) is 22.6 Å². The lowest BCUT2D eigenvalue weighted by Gasteiger charge is -2.08. The Labute approximate surface area is 160 Å². The minimum absolute atomic E-state index is 0.0707. The number of hydrogen-bond donors (Lipinski definition) is 1. The maximum Gasteiger partial charge on any atom is 0.238 e. The summed E-state index contributed by atoms with van der Waals surface area (Å²) >= 11 is 3.32. The fraction of sp³-hybridized carbons (Fsp3) is 0.294. The predicted molar refractivity (Wildman–Crippen MR) is 106 cm³/mol. The van der Waals surface area contributed by atoms with Crippen molar-refractivity contribution in [3.63, 3.8) is 0 Å². The Hall–Kier alpha value is -1.68. The van der Waals surface area contributed by atoms with Gasteiger partial charge >= 0.3 is 0 Å². The van der Waals surface area contributed by atoms with E-state index in [1.807, 2.05) is 6.92 Å². The van der Waals surface area contributed by atoms with Gasteiger partial charge in [0.1, 0.15) is 21.4 Å². The summed E-state index contributed by atoms with van der Waals surface area (Å²) in [5.41, 5.74) is 1.23. The average molecular weight is 410 g/mol. The summed E-state index contributed by atoms with van der Waals surface area (Å²) in [6, 6.07) is 6.08. The van der Waals surface area contributed by atoms with Crippen molar-refractivity contribution in [1.82, 2.24) is 9.97 Å². The number of hydrogen-bond acceptors (Lipinski definition) is 7. The summed E-state index contributed by atoms with van der Waals surface area (Å²) < 4.78 is 28.2. The van der Waals surface area contributed by atoms with Crippen LogP contribution in [0.1, 0.15) is 16.3 Å². The van der Waals surface area contributed by atoms with E-state index in [0.29, 0.717) is 12.4 Å². The van der Waals surface area contributed by atoms with Gasteiger partial charge in [0.15, 0.2) is 0 Å². The molecule has 9 heteroatoms. The lowest BCUT2D eigenvalue weighted by Crippen LogP contribution is -2.11. The highest BCUT2D eigenvalue weighted by atomic mass is 32.2. The van der Waals surface area contributed by atoms with Crippen LogP contribution < -0.4 is 9.88 Å². The normalized spacial score (nSPS) is 11.8. The topological polar surface area (TPSA) is 95.2 Å². The van der Waals surface area contributed by atoms with Crippen molar-refractivity contribution in [3.8, 4) is 5.75 Å². The van der Waals surface area contributed by atoms with E-state index >= 15 is 0 Å². The molecule has 26 heavy (non-hydrogen) atoms. The van der Waals surface area contributed by atoms with Crippen LogP contribution in [0.2, 0.25) is 0 Å². The molecule has 0 aliphatic carbocycles. The zero-order valence-electron chi connectivity index (χ0n) is 14.6. The molecular formula is C17H19N3O3S3. The van der Waals surface area contributed by atoms with Gasteiger partial charge in [-0.1, -0.05) is 0 Å². The number of aromatic nitrogens is 2. The highest BCUT2D eigenvalue weighted by molar-refractivity contribution is 7.99. The number of nitrogens with zero attached hydrogens (tertiary/aromatic N) is 2. The highest BCUT2D eigenvalue weighted by Gasteiger charge is 2.14. The summed E-state index contributed by atoms with van der Waals surface area (Å²) in [6.45, 7) is 6.57. The Morgan fingerprint density at radius 1 is 1.15 bits per heavy atom. The second-order valence-corrected chi connectivity index (χ2v) is 9.60. The van der Waals surface area contributed by atoms with Gasteiger partial charge in [-0.15, -0.1) is 23.1 Å².